The number of nitrogens with one attached hydrogen (secondary N) is 1. The summed E-state index contributed by atoms with van der Waals surface area (Å²) in [7, 11) is 3.11. The molecule has 2 amide bonds. The molecule has 1 heterocycles. The Bertz CT molecular complexity index is 580. The molecule has 1 N–H and O–H groups in total. The summed E-state index contributed by atoms with van der Waals surface area (Å²) in [6, 6.07) is 5.17. The predicted octanol–water partition coefficient (Wildman–Crippen LogP) is 2.08. The van der Waals surface area contributed by atoms with Crippen molar-refractivity contribution in [2.24, 2.45) is 5.92 Å². The van der Waals surface area contributed by atoms with E-state index in [1.165, 1.54) is 0 Å². The average molecular weight is 334 g/mol. The van der Waals surface area contributed by atoms with Gasteiger partial charge in [-0.3, -0.25) is 9.59 Å². The van der Waals surface area contributed by atoms with Crippen LogP contribution in [0, 0.1) is 5.92 Å². The molecule has 6 nitrogen and oxygen atoms in total. The van der Waals surface area contributed by atoms with Crippen LogP contribution in [-0.2, 0) is 4.79 Å². The fraction of sp³-hybridized carbons (Fsp3) is 0.556. The maximum absolute atomic E-state index is 12.6. The van der Waals surface area contributed by atoms with E-state index in [2.05, 4.69) is 5.32 Å². The molecule has 1 aromatic carbocycles. The lowest BCUT2D eigenvalue weighted by Crippen LogP contribution is -2.43. The molecule has 1 aliphatic rings. The number of nitrogens with zero attached hydrogens (tertiary/aromatic N) is 1. The minimum atomic E-state index is -0.0385. The third kappa shape index (κ3) is 4.19. The lowest BCUT2D eigenvalue weighted by molar-refractivity contribution is -0.126. The topological polar surface area (TPSA) is 67.9 Å². The first-order valence-electron chi connectivity index (χ1n) is 8.39. The van der Waals surface area contributed by atoms with Crippen LogP contribution in [0.2, 0.25) is 0 Å². The van der Waals surface area contributed by atoms with Crippen molar-refractivity contribution in [3.05, 3.63) is 23.8 Å². The molecule has 1 aliphatic heterocycles. The summed E-state index contributed by atoms with van der Waals surface area (Å²) in [6.45, 7) is 3.93. The Morgan fingerprint density at radius 3 is 2.42 bits per heavy atom. The van der Waals surface area contributed by atoms with Crippen molar-refractivity contribution in [2.45, 2.75) is 26.2 Å². The monoisotopic (exact) mass is 334 g/mol. The molecule has 0 radical (unpaired) electrons. The number of benzene rings is 1. The van der Waals surface area contributed by atoms with Crippen molar-refractivity contribution in [3.63, 3.8) is 0 Å². The molecule has 1 saturated heterocycles. The first kappa shape index (κ1) is 18.1. The highest BCUT2D eigenvalue weighted by Gasteiger charge is 2.27. The second kappa shape index (κ2) is 8.57. The Hall–Kier alpha value is -2.24. The third-order valence-corrected chi connectivity index (χ3v) is 4.33. The Morgan fingerprint density at radius 2 is 1.83 bits per heavy atom. The van der Waals surface area contributed by atoms with Gasteiger partial charge in [0.2, 0.25) is 5.91 Å². The second-order valence-electron chi connectivity index (χ2n) is 5.93. The van der Waals surface area contributed by atoms with E-state index >= 15 is 0 Å². The number of hydrogen-bond donors (Lipinski definition) is 1. The number of likely N-dealkylation sites (tertiary alicyclic amines) is 1. The molecule has 0 bridgehead atoms. The summed E-state index contributed by atoms with van der Waals surface area (Å²) in [5.41, 5.74) is 0.571. The molecule has 1 fully saturated rings. The van der Waals surface area contributed by atoms with Gasteiger partial charge in [0.1, 0.15) is 0 Å². The number of amides is 2. The van der Waals surface area contributed by atoms with Gasteiger partial charge in [-0.25, -0.2) is 0 Å². The lowest BCUT2D eigenvalue weighted by atomic mass is 9.95. The van der Waals surface area contributed by atoms with Gasteiger partial charge in [0.05, 0.1) is 14.2 Å². The van der Waals surface area contributed by atoms with Crippen molar-refractivity contribution in [1.29, 1.82) is 0 Å². The molecule has 0 aromatic heterocycles. The van der Waals surface area contributed by atoms with E-state index in [4.69, 9.17) is 9.47 Å². The quantitative estimate of drug-likeness (QED) is 0.865. The van der Waals surface area contributed by atoms with Gasteiger partial charge >= 0.3 is 0 Å². The van der Waals surface area contributed by atoms with E-state index in [0.717, 1.165) is 6.42 Å². The zero-order valence-corrected chi connectivity index (χ0v) is 14.6. The lowest BCUT2D eigenvalue weighted by Gasteiger charge is -2.31. The van der Waals surface area contributed by atoms with Crippen molar-refractivity contribution < 1.29 is 19.1 Å². The fourth-order valence-electron chi connectivity index (χ4n) is 2.89. The van der Waals surface area contributed by atoms with E-state index in [0.29, 0.717) is 49.5 Å². The van der Waals surface area contributed by atoms with Crippen LogP contribution in [0.1, 0.15) is 36.5 Å². The van der Waals surface area contributed by atoms with Gasteiger partial charge in [-0.1, -0.05) is 6.92 Å². The molecule has 1 aromatic rings. The van der Waals surface area contributed by atoms with Crippen molar-refractivity contribution >= 4 is 11.8 Å². The van der Waals surface area contributed by atoms with Crippen LogP contribution in [0.4, 0.5) is 0 Å². The summed E-state index contributed by atoms with van der Waals surface area (Å²) >= 11 is 0. The SMILES string of the molecule is CCCNC(=O)C1CCN(C(=O)c2ccc(OC)c(OC)c2)CC1. The second-order valence-corrected chi connectivity index (χ2v) is 5.93. The van der Waals surface area contributed by atoms with E-state index in [1.807, 2.05) is 6.92 Å². The molecule has 0 aliphatic carbocycles. The highest BCUT2D eigenvalue weighted by molar-refractivity contribution is 5.95. The number of piperidine rings is 1. The Kier molecular flexibility index (Phi) is 6.46. The first-order chi connectivity index (χ1) is 11.6. The largest absolute Gasteiger partial charge is 0.493 e. The zero-order chi connectivity index (χ0) is 17.5. The number of ether oxygens (including phenoxy) is 2. The number of carbonyl (C=O) groups is 2. The highest BCUT2D eigenvalue weighted by Crippen LogP contribution is 2.28. The fourth-order valence-corrected chi connectivity index (χ4v) is 2.89. The zero-order valence-electron chi connectivity index (χ0n) is 14.6. The van der Waals surface area contributed by atoms with Crippen LogP contribution in [0.3, 0.4) is 0 Å². The van der Waals surface area contributed by atoms with Gasteiger partial charge in [0.25, 0.3) is 5.91 Å². The van der Waals surface area contributed by atoms with Crippen molar-refractivity contribution in [2.75, 3.05) is 33.9 Å². The summed E-state index contributed by atoms with van der Waals surface area (Å²) in [6.07, 6.45) is 2.34. The molecule has 132 valence electrons. The number of rotatable bonds is 6. The van der Waals surface area contributed by atoms with E-state index < -0.39 is 0 Å². The summed E-state index contributed by atoms with van der Waals surface area (Å²) in [5.74, 6) is 1.21. The van der Waals surface area contributed by atoms with Crippen molar-refractivity contribution in [3.8, 4) is 11.5 Å². The van der Waals surface area contributed by atoms with Crippen LogP contribution >= 0.6 is 0 Å². The normalized spacial score (nSPS) is 15.0. The maximum Gasteiger partial charge on any atom is 0.253 e. The number of methoxy groups -OCH3 is 2. The molecule has 0 atom stereocenters. The Balaban J connectivity index is 1.96. The first-order valence-corrected chi connectivity index (χ1v) is 8.39. The summed E-state index contributed by atoms with van der Waals surface area (Å²) in [5, 5.41) is 2.93. The minimum absolute atomic E-state index is 0.00556. The molecule has 0 spiro atoms. The van der Waals surface area contributed by atoms with Gasteiger partial charge in [-0.05, 0) is 37.5 Å². The van der Waals surface area contributed by atoms with Gasteiger partial charge < -0.3 is 19.7 Å². The van der Waals surface area contributed by atoms with Crippen LogP contribution in [0.5, 0.6) is 11.5 Å². The molecule has 0 unspecified atom stereocenters. The van der Waals surface area contributed by atoms with E-state index in [9.17, 15) is 9.59 Å². The Morgan fingerprint density at radius 1 is 1.17 bits per heavy atom. The third-order valence-electron chi connectivity index (χ3n) is 4.33. The average Bonchev–Trinajstić information content (AvgIpc) is 2.64. The molecule has 24 heavy (non-hydrogen) atoms. The van der Waals surface area contributed by atoms with Gasteiger partial charge in [0.15, 0.2) is 11.5 Å². The summed E-state index contributed by atoms with van der Waals surface area (Å²) < 4.78 is 10.4. The van der Waals surface area contributed by atoms with Gasteiger partial charge in [-0.2, -0.15) is 0 Å². The minimum Gasteiger partial charge on any atom is -0.493 e. The van der Waals surface area contributed by atoms with Crippen LogP contribution in [0.25, 0.3) is 0 Å². The molecule has 6 heteroatoms. The van der Waals surface area contributed by atoms with Gasteiger partial charge in [-0.15, -0.1) is 0 Å². The predicted molar refractivity (Wildman–Crippen MR) is 91.5 cm³/mol. The van der Waals surface area contributed by atoms with Crippen LogP contribution in [-0.4, -0.2) is 50.6 Å². The van der Waals surface area contributed by atoms with Crippen molar-refractivity contribution in [1.82, 2.24) is 10.2 Å². The Labute approximate surface area is 143 Å². The highest BCUT2D eigenvalue weighted by atomic mass is 16.5. The van der Waals surface area contributed by atoms with Crippen LogP contribution < -0.4 is 14.8 Å². The summed E-state index contributed by atoms with van der Waals surface area (Å²) in [4.78, 5) is 26.5. The standard InChI is InChI=1S/C18H26N2O4/c1-4-9-19-17(21)13-7-10-20(11-8-13)18(22)14-5-6-15(23-2)16(12-14)24-3/h5-6,12-13H,4,7-11H2,1-3H3,(H,19,21). The maximum atomic E-state index is 12.6. The van der Waals surface area contributed by atoms with Gasteiger partial charge in [0, 0.05) is 31.1 Å². The van der Waals surface area contributed by atoms with E-state index in [-0.39, 0.29) is 17.7 Å². The van der Waals surface area contributed by atoms with E-state index in [1.54, 1.807) is 37.3 Å². The number of hydrogen-bond acceptors (Lipinski definition) is 4. The molecular weight excluding hydrogens is 308 g/mol. The number of carbonyl (C=O) groups excluding carboxylic acids is 2. The smallest absolute Gasteiger partial charge is 0.253 e. The van der Waals surface area contributed by atoms with Crippen LogP contribution in [0.15, 0.2) is 18.2 Å². The molecular formula is C18H26N2O4. The molecule has 0 saturated carbocycles. The molecule has 2 rings (SSSR count).